The standard InChI is InChI=1S/C27H36N6O3.C4H6O6/c1-36-18-17-33(15-5-4-8-21-12-11-20-7-6-14-28-25(20)31-21)16-13-24(27(34)35)32-26-22-9-2-3-10-23(22)29-19-30-26;5-1(3(7)8)2(6)4(9)10/h2-3,9-12,19,24H,4-8,13-18H2,1H3,(H,28,31)(H,34,35)(H,29,30,32);1-2,5-6H,(H,7,8)(H,9,10)/t24-;1-,2-/m01/s1. The van der Waals surface area contributed by atoms with Gasteiger partial charge in [-0.2, -0.15) is 0 Å². The molecule has 0 saturated heterocycles. The number of carbonyl (C=O) groups is 3. The van der Waals surface area contributed by atoms with Crippen LogP contribution in [0.1, 0.15) is 36.9 Å². The maximum atomic E-state index is 12.0. The zero-order valence-corrected chi connectivity index (χ0v) is 25.7. The molecule has 0 unspecified atom stereocenters. The fourth-order valence-electron chi connectivity index (χ4n) is 4.83. The number of unbranched alkanes of at least 4 members (excludes halogenated alkanes) is 1. The molecule has 4 rings (SSSR count). The quantitative estimate of drug-likeness (QED) is 0.103. The number of aryl methyl sites for hydroxylation is 2. The zero-order valence-electron chi connectivity index (χ0n) is 25.7. The monoisotopic (exact) mass is 642 g/mol. The zero-order chi connectivity index (χ0) is 33.5. The number of rotatable bonds is 17. The van der Waals surface area contributed by atoms with E-state index in [1.54, 1.807) is 7.11 Å². The fraction of sp³-hybridized carbons (Fsp3) is 0.484. The number of carboxylic acids is 3. The second-order valence-corrected chi connectivity index (χ2v) is 10.8. The molecule has 0 amide bonds. The number of methoxy groups -OCH3 is 1. The first-order valence-corrected chi connectivity index (χ1v) is 15.1. The number of para-hydroxylation sites is 1. The van der Waals surface area contributed by atoms with Gasteiger partial charge < -0.3 is 45.8 Å². The summed E-state index contributed by atoms with van der Waals surface area (Å²) in [5, 5.41) is 49.7. The Morgan fingerprint density at radius 2 is 1.70 bits per heavy atom. The number of fused-ring (bicyclic) bond motifs is 2. The highest BCUT2D eigenvalue weighted by Gasteiger charge is 2.29. The van der Waals surface area contributed by atoms with Gasteiger partial charge in [0.2, 0.25) is 0 Å². The molecule has 0 bridgehead atoms. The molecule has 7 N–H and O–H groups in total. The van der Waals surface area contributed by atoms with Crippen LogP contribution in [0.5, 0.6) is 0 Å². The van der Waals surface area contributed by atoms with Gasteiger partial charge in [0.05, 0.1) is 12.1 Å². The number of aliphatic carboxylic acids is 3. The van der Waals surface area contributed by atoms with Crippen LogP contribution in [-0.2, 0) is 32.0 Å². The van der Waals surface area contributed by atoms with Gasteiger partial charge in [0.25, 0.3) is 0 Å². The van der Waals surface area contributed by atoms with Gasteiger partial charge in [0.15, 0.2) is 12.2 Å². The van der Waals surface area contributed by atoms with E-state index in [0.717, 1.165) is 67.7 Å². The summed E-state index contributed by atoms with van der Waals surface area (Å²) in [5.41, 5.74) is 3.22. The maximum absolute atomic E-state index is 12.0. The summed E-state index contributed by atoms with van der Waals surface area (Å²) in [6, 6.07) is 11.2. The Labute approximate surface area is 266 Å². The number of hydrogen-bond donors (Lipinski definition) is 7. The number of aliphatic hydroxyl groups excluding tert-OH is 2. The number of nitrogens with zero attached hydrogens (tertiary/aromatic N) is 4. The van der Waals surface area contributed by atoms with Crippen molar-refractivity contribution in [2.75, 3.05) is 50.5 Å². The number of benzene rings is 1. The molecule has 0 fully saturated rings. The van der Waals surface area contributed by atoms with Crippen LogP contribution in [0, 0.1) is 0 Å². The smallest absolute Gasteiger partial charge is 0.335 e. The average Bonchev–Trinajstić information content (AvgIpc) is 3.06. The molecule has 0 aliphatic carbocycles. The summed E-state index contributed by atoms with van der Waals surface area (Å²) >= 11 is 0. The topological polar surface area (TPSA) is 228 Å². The van der Waals surface area contributed by atoms with Crippen molar-refractivity contribution in [2.24, 2.45) is 0 Å². The normalized spacial score (nSPS) is 14.3. The molecule has 3 aromatic rings. The van der Waals surface area contributed by atoms with Gasteiger partial charge in [-0.05, 0) is 68.8 Å². The van der Waals surface area contributed by atoms with Crippen LogP contribution < -0.4 is 10.6 Å². The van der Waals surface area contributed by atoms with Gasteiger partial charge in [-0.25, -0.2) is 29.3 Å². The van der Waals surface area contributed by atoms with E-state index < -0.39 is 36.2 Å². The Morgan fingerprint density at radius 1 is 0.957 bits per heavy atom. The highest BCUT2D eigenvalue weighted by Crippen LogP contribution is 2.21. The summed E-state index contributed by atoms with van der Waals surface area (Å²) in [7, 11) is 1.69. The number of aromatic nitrogens is 3. The van der Waals surface area contributed by atoms with Crippen molar-refractivity contribution in [3.63, 3.8) is 0 Å². The third kappa shape index (κ3) is 11.2. The lowest BCUT2D eigenvalue weighted by Crippen LogP contribution is -2.39. The fourth-order valence-corrected chi connectivity index (χ4v) is 4.83. The second kappa shape index (κ2) is 18.5. The van der Waals surface area contributed by atoms with Crippen molar-refractivity contribution in [2.45, 2.75) is 56.8 Å². The summed E-state index contributed by atoms with van der Waals surface area (Å²) in [4.78, 5) is 47.2. The van der Waals surface area contributed by atoms with Crippen LogP contribution in [0.15, 0.2) is 42.7 Å². The van der Waals surface area contributed by atoms with Gasteiger partial charge in [-0.1, -0.05) is 18.2 Å². The lowest BCUT2D eigenvalue weighted by molar-refractivity contribution is -0.165. The minimum Gasteiger partial charge on any atom is -0.480 e. The number of pyridine rings is 1. The maximum Gasteiger partial charge on any atom is 0.335 e. The van der Waals surface area contributed by atoms with E-state index in [1.165, 1.54) is 18.3 Å². The van der Waals surface area contributed by atoms with Crippen molar-refractivity contribution in [1.82, 2.24) is 19.9 Å². The number of ether oxygens (including phenoxy) is 1. The van der Waals surface area contributed by atoms with Crippen LogP contribution in [-0.4, -0.2) is 121 Å². The van der Waals surface area contributed by atoms with Crippen LogP contribution in [0.4, 0.5) is 11.6 Å². The molecule has 1 aromatic carbocycles. The number of aliphatic hydroxyl groups is 2. The molecule has 0 radical (unpaired) electrons. The van der Waals surface area contributed by atoms with E-state index in [2.05, 4.69) is 37.6 Å². The summed E-state index contributed by atoms with van der Waals surface area (Å²) in [6.45, 7) is 3.91. The molecule has 1 aliphatic rings. The minimum atomic E-state index is -2.27. The van der Waals surface area contributed by atoms with E-state index in [1.807, 2.05) is 24.3 Å². The van der Waals surface area contributed by atoms with Gasteiger partial charge in [-0.15, -0.1) is 0 Å². The molecule has 46 heavy (non-hydrogen) atoms. The highest BCUT2D eigenvalue weighted by atomic mass is 16.5. The molecule has 3 heterocycles. The highest BCUT2D eigenvalue weighted by molar-refractivity contribution is 5.90. The SMILES string of the molecule is COCCN(CCCCc1ccc2c(n1)NCCC2)CC[C@H](Nc1ncnc2ccccc12)C(=O)O.O=C(O)[C@H](O)[C@@H](O)C(=O)O. The molecule has 0 spiro atoms. The Kier molecular flexibility index (Phi) is 14.5. The summed E-state index contributed by atoms with van der Waals surface area (Å²) in [5.74, 6) is -2.84. The van der Waals surface area contributed by atoms with Crippen molar-refractivity contribution >= 4 is 40.4 Å². The summed E-state index contributed by atoms with van der Waals surface area (Å²) in [6.07, 6.45) is 2.63. The predicted octanol–water partition coefficient (Wildman–Crippen LogP) is 1.49. The molecule has 15 nitrogen and oxygen atoms in total. The lowest BCUT2D eigenvalue weighted by Gasteiger charge is -2.24. The Balaban J connectivity index is 0.000000498. The molecular formula is C31H42N6O9. The average molecular weight is 643 g/mol. The van der Waals surface area contributed by atoms with E-state index in [4.69, 9.17) is 30.1 Å². The van der Waals surface area contributed by atoms with Crippen molar-refractivity contribution in [1.29, 1.82) is 0 Å². The van der Waals surface area contributed by atoms with Crippen molar-refractivity contribution < 1.29 is 44.7 Å². The van der Waals surface area contributed by atoms with Gasteiger partial charge >= 0.3 is 17.9 Å². The molecule has 1 aliphatic heterocycles. The van der Waals surface area contributed by atoms with E-state index in [9.17, 15) is 19.5 Å². The molecule has 0 saturated carbocycles. The number of nitrogens with one attached hydrogen (secondary N) is 2. The molecule has 250 valence electrons. The van der Waals surface area contributed by atoms with E-state index >= 15 is 0 Å². The van der Waals surface area contributed by atoms with Crippen LogP contribution in [0.3, 0.4) is 0 Å². The minimum absolute atomic E-state index is 0.454. The van der Waals surface area contributed by atoms with E-state index in [-0.39, 0.29) is 0 Å². The van der Waals surface area contributed by atoms with Crippen molar-refractivity contribution in [3.05, 3.63) is 54.0 Å². The van der Waals surface area contributed by atoms with Gasteiger partial charge in [0, 0.05) is 37.8 Å². The predicted molar refractivity (Wildman–Crippen MR) is 169 cm³/mol. The first-order chi connectivity index (χ1) is 22.1. The van der Waals surface area contributed by atoms with Gasteiger partial charge in [-0.3, -0.25) is 0 Å². The molecular weight excluding hydrogens is 600 g/mol. The summed E-state index contributed by atoms with van der Waals surface area (Å²) < 4.78 is 5.29. The molecule has 3 atom stereocenters. The van der Waals surface area contributed by atoms with E-state index in [0.29, 0.717) is 25.4 Å². The Hall–Kier alpha value is -4.44. The first-order valence-electron chi connectivity index (χ1n) is 15.1. The molecule has 2 aromatic heterocycles. The van der Waals surface area contributed by atoms with Crippen molar-refractivity contribution in [3.8, 4) is 0 Å². The largest absolute Gasteiger partial charge is 0.480 e. The lowest BCUT2D eigenvalue weighted by atomic mass is 10.1. The van der Waals surface area contributed by atoms with Crippen LogP contribution in [0.2, 0.25) is 0 Å². The number of hydrogen-bond acceptors (Lipinski definition) is 12. The second-order valence-electron chi connectivity index (χ2n) is 10.8. The third-order valence-electron chi connectivity index (χ3n) is 7.41. The third-order valence-corrected chi connectivity index (χ3v) is 7.41. The molecule has 15 heteroatoms. The number of carboxylic acid groups (broad SMARTS) is 3. The van der Waals surface area contributed by atoms with Crippen LogP contribution in [0.25, 0.3) is 10.9 Å². The Morgan fingerprint density at radius 3 is 2.39 bits per heavy atom. The number of anilines is 2. The first kappa shape index (κ1) is 36.0. The Bertz CT molecular complexity index is 1420. The van der Waals surface area contributed by atoms with Crippen LogP contribution >= 0.6 is 0 Å². The van der Waals surface area contributed by atoms with Gasteiger partial charge in [0.1, 0.15) is 24.0 Å².